The first-order chi connectivity index (χ1) is 11.0. The lowest BCUT2D eigenvalue weighted by Gasteiger charge is -2.15. The van der Waals surface area contributed by atoms with Crippen LogP contribution in [0, 0.1) is 0 Å². The average Bonchev–Trinajstić information content (AvgIpc) is 3.02. The molecule has 0 saturated carbocycles. The van der Waals surface area contributed by atoms with Crippen LogP contribution in [-0.2, 0) is 20.7 Å². The lowest BCUT2D eigenvalue weighted by Crippen LogP contribution is -2.30. The first-order valence-corrected chi connectivity index (χ1v) is 7.69. The fourth-order valence-corrected chi connectivity index (χ4v) is 2.32. The molecule has 1 aromatic carbocycles. The molecule has 7 heteroatoms. The lowest BCUT2D eigenvalue weighted by molar-refractivity contribution is -0.153. The number of amides is 1. The van der Waals surface area contributed by atoms with Crippen molar-refractivity contribution in [3.05, 3.63) is 52.4 Å². The van der Waals surface area contributed by atoms with Gasteiger partial charge < -0.3 is 14.5 Å². The number of hydrogen-bond acceptors (Lipinski definition) is 4. The molecule has 5 nitrogen and oxygen atoms in total. The van der Waals surface area contributed by atoms with Crippen LogP contribution in [0.1, 0.15) is 19.1 Å². The highest BCUT2D eigenvalue weighted by molar-refractivity contribution is 6.39. The minimum absolute atomic E-state index is 0.123. The predicted molar refractivity (Wildman–Crippen MR) is 87.7 cm³/mol. The number of anilines is 1. The minimum atomic E-state index is -0.966. The van der Waals surface area contributed by atoms with Gasteiger partial charge in [-0.25, -0.2) is 0 Å². The van der Waals surface area contributed by atoms with E-state index < -0.39 is 18.0 Å². The van der Waals surface area contributed by atoms with Crippen LogP contribution < -0.4 is 5.32 Å². The Bertz CT molecular complexity index is 665. The van der Waals surface area contributed by atoms with E-state index in [-0.39, 0.29) is 6.42 Å². The van der Waals surface area contributed by atoms with E-state index in [2.05, 4.69) is 5.32 Å². The molecule has 1 atom stereocenters. The molecule has 2 aromatic rings. The number of benzene rings is 1. The number of ether oxygens (including phenoxy) is 1. The number of aryl methyl sites for hydroxylation is 1. The van der Waals surface area contributed by atoms with Crippen LogP contribution in [0.2, 0.25) is 10.0 Å². The number of nitrogens with one attached hydrogen (secondary N) is 1. The van der Waals surface area contributed by atoms with Crippen molar-refractivity contribution in [1.29, 1.82) is 0 Å². The summed E-state index contributed by atoms with van der Waals surface area (Å²) in [5.41, 5.74) is 0.291. The third-order valence-electron chi connectivity index (χ3n) is 3.04. The summed E-state index contributed by atoms with van der Waals surface area (Å²) in [6, 6.07) is 8.37. The zero-order valence-electron chi connectivity index (χ0n) is 12.3. The highest BCUT2D eigenvalue weighted by Gasteiger charge is 2.20. The molecule has 0 spiro atoms. The molecular weight excluding hydrogens is 341 g/mol. The average molecular weight is 356 g/mol. The maximum Gasteiger partial charge on any atom is 0.307 e. The van der Waals surface area contributed by atoms with Gasteiger partial charge in [0, 0.05) is 6.42 Å². The molecule has 122 valence electrons. The van der Waals surface area contributed by atoms with E-state index in [1.54, 1.807) is 30.3 Å². The number of para-hydroxylation sites is 1. The van der Waals surface area contributed by atoms with Crippen molar-refractivity contribution in [1.82, 2.24) is 0 Å². The number of furan rings is 1. The van der Waals surface area contributed by atoms with Crippen molar-refractivity contribution in [2.45, 2.75) is 25.9 Å². The largest absolute Gasteiger partial charge is 0.469 e. The van der Waals surface area contributed by atoms with Gasteiger partial charge in [0.15, 0.2) is 6.10 Å². The van der Waals surface area contributed by atoms with Gasteiger partial charge in [-0.3, -0.25) is 9.59 Å². The molecule has 0 aliphatic heterocycles. The topological polar surface area (TPSA) is 68.5 Å². The summed E-state index contributed by atoms with van der Waals surface area (Å²) in [5, 5.41) is 3.17. The van der Waals surface area contributed by atoms with Crippen molar-refractivity contribution in [3.8, 4) is 0 Å². The monoisotopic (exact) mass is 355 g/mol. The number of hydrogen-bond donors (Lipinski definition) is 1. The second kappa shape index (κ2) is 8.04. The van der Waals surface area contributed by atoms with Crippen LogP contribution >= 0.6 is 23.2 Å². The van der Waals surface area contributed by atoms with Gasteiger partial charge in [-0.2, -0.15) is 0 Å². The van der Waals surface area contributed by atoms with Crippen molar-refractivity contribution in [2.24, 2.45) is 0 Å². The standard InChI is InChI=1S/C16H15Cl2NO4/c1-10(23-14(20)8-7-11-4-3-9-22-11)16(21)19-15-12(17)5-2-6-13(15)18/h2-6,9-10H,7-8H2,1H3,(H,19,21)/t10-/m1/s1. The Labute approximate surface area is 143 Å². The number of carbonyl (C=O) groups is 2. The van der Waals surface area contributed by atoms with Crippen LogP contribution in [0.15, 0.2) is 41.0 Å². The second-order valence-electron chi connectivity index (χ2n) is 4.80. The number of carbonyl (C=O) groups excluding carboxylic acids is 2. The molecular formula is C16H15Cl2NO4. The third-order valence-corrected chi connectivity index (χ3v) is 3.67. The molecule has 2 rings (SSSR count). The van der Waals surface area contributed by atoms with Crippen LogP contribution in [0.4, 0.5) is 5.69 Å². The van der Waals surface area contributed by atoms with Gasteiger partial charge >= 0.3 is 5.97 Å². The van der Waals surface area contributed by atoms with Crippen molar-refractivity contribution >= 4 is 40.8 Å². The van der Waals surface area contributed by atoms with Crippen molar-refractivity contribution < 1.29 is 18.7 Å². The van der Waals surface area contributed by atoms with Crippen LogP contribution in [0.3, 0.4) is 0 Å². The number of esters is 1. The summed E-state index contributed by atoms with van der Waals surface area (Å²) in [7, 11) is 0. The predicted octanol–water partition coefficient (Wildman–Crippen LogP) is 4.09. The maximum absolute atomic E-state index is 12.1. The summed E-state index contributed by atoms with van der Waals surface area (Å²) in [6.45, 7) is 1.48. The molecule has 0 fully saturated rings. The lowest BCUT2D eigenvalue weighted by atomic mass is 10.2. The molecule has 0 bridgehead atoms. The fraction of sp³-hybridized carbons (Fsp3) is 0.250. The third kappa shape index (κ3) is 5.01. The molecule has 0 saturated heterocycles. The van der Waals surface area contributed by atoms with E-state index >= 15 is 0 Å². The smallest absolute Gasteiger partial charge is 0.307 e. The Hall–Kier alpha value is -1.98. The van der Waals surface area contributed by atoms with Crippen LogP contribution in [-0.4, -0.2) is 18.0 Å². The van der Waals surface area contributed by atoms with E-state index in [0.717, 1.165) is 0 Å². The number of halogens is 2. The molecule has 0 unspecified atom stereocenters. The van der Waals surface area contributed by atoms with Crippen molar-refractivity contribution in [2.75, 3.05) is 5.32 Å². The quantitative estimate of drug-likeness (QED) is 0.792. The Kier molecular flexibility index (Phi) is 6.07. The van der Waals surface area contributed by atoms with E-state index in [1.807, 2.05) is 0 Å². The zero-order valence-corrected chi connectivity index (χ0v) is 13.9. The molecule has 1 heterocycles. The van der Waals surface area contributed by atoms with E-state index in [0.29, 0.717) is 27.9 Å². The van der Waals surface area contributed by atoms with E-state index in [1.165, 1.54) is 13.2 Å². The van der Waals surface area contributed by atoms with Crippen molar-refractivity contribution in [3.63, 3.8) is 0 Å². The molecule has 23 heavy (non-hydrogen) atoms. The van der Waals surface area contributed by atoms with Gasteiger partial charge in [-0.15, -0.1) is 0 Å². The Morgan fingerprint density at radius 3 is 2.52 bits per heavy atom. The van der Waals surface area contributed by atoms with Gasteiger partial charge in [0.1, 0.15) is 5.76 Å². The summed E-state index contributed by atoms with van der Waals surface area (Å²) < 4.78 is 10.2. The van der Waals surface area contributed by atoms with Gasteiger partial charge in [-0.05, 0) is 31.2 Å². The Morgan fingerprint density at radius 1 is 1.22 bits per heavy atom. The summed E-state index contributed by atoms with van der Waals surface area (Å²) in [5.74, 6) is -0.317. The van der Waals surface area contributed by atoms with Gasteiger partial charge in [0.25, 0.3) is 5.91 Å². The molecule has 1 N–H and O–H groups in total. The van der Waals surface area contributed by atoms with Gasteiger partial charge in [0.2, 0.25) is 0 Å². The SMILES string of the molecule is C[C@@H](OC(=O)CCc1ccco1)C(=O)Nc1c(Cl)cccc1Cl. The zero-order chi connectivity index (χ0) is 16.8. The van der Waals surface area contributed by atoms with Crippen LogP contribution in [0.25, 0.3) is 0 Å². The molecule has 0 aliphatic carbocycles. The first kappa shape index (κ1) is 17.4. The van der Waals surface area contributed by atoms with E-state index in [4.69, 9.17) is 32.4 Å². The first-order valence-electron chi connectivity index (χ1n) is 6.94. The maximum atomic E-state index is 12.1. The number of rotatable bonds is 6. The normalized spacial score (nSPS) is 11.8. The summed E-state index contributed by atoms with van der Waals surface area (Å²) in [4.78, 5) is 23.8. The Balaban J connectivity index is 1.86. The highest BCUT2D eigenvalue weighted by atomic mass is 35.5. The molecule has 1 aromatic heterocycles. The minimum Gasteiger partial charge on any atom is -0.469 e. The molecule has 0 aliphatic rings. The highest BCUT2D eigenvalue weighted by Crippen LogP contribution is 2.29. The second-order valence-corrected chi connectivity index (χ2v) is 5.61. The van der Waals surface area contributed by atoms with Gasteiger partial charge in [0.05, 0.1) is 28.4 Å². The van der Waals surface area contributed by atoms with Crippen LogP contribution in [0.5, 0.6) is 0 Å². The summed E-state index contributed by atoms with van der Waals surface area (Å²) >= 11 is 11.9. The van der Waals surface area contributed by atoms with Gasteiger partial charge in [-0.1, -0.05) is 29.3 Å². The van der Waals surface area contributed by atoms with E-state index in [9.17, 15) is 9.59 Å². The Morgan fingerprint density at radius 2 is 1.91 bits per heavy atom. The molecule has 1 amide bonds. The fourth-order valence-electron chi connectivity index (χ4n) is 1.83. The molecule has 0 radical (unpaired) electrons. The summed E-state index contributed by atoms with van der Waals surface area (Å²) in [6.07, 6.45) is 1.10.